The number of anilines is 2. The Hall–Kier alpha value is -3.36. The van der Waals surface area contributed by atoms with E-state index in [2.05, 4.69) is 31.9 Å². The van der Waals surface area contributed by atoms with Gasteiger partial charge >= 0.3 is 0 Å². The number of hydrogen-bond acceptors (Lipinski definition) is 4. The van der Waals surface area contributed by atoms with Crippen molar-refractivity contribution in [1.29, 1.82) is 0 Å². The van der Waals surface area contributed by atoms with Crippen molar-refractivity contribution in [2.45, 2.75) is 5.41 Å². The number of rotatable bonds is 3. The Kier molecular flexibility index (Phi) is 5.20. The van der Waals surface area contributed by atoms with Gasteiger partial charge in [-0.2, -0.15) is 0 Å². The van der Waals surface area contributed by atoms with Crippen molar-refractivity contribution in [2.24, 2.45) is 29.6 Å². The summed E-state index contributed by atoms with van der Waals surface area (Å²) in [6, 6.07) is 23.5. The number of nitrogens with zero attached hydrogens (tertiary/aromatic N) is 2. The van der Waals surface area contributed by atoms with Gasteiger partial charge in [-0.05, 0) is 54.1 Å². The minimum absolute atomic E-state index is 0.322. The highest BCUT2D eigenvalue weighted by atomic mass is 79.9. The summed E-state index contributed by atoms with van der Waals surface area (Å²) in [7, 11) is 0. The van der Waals surface area contributed by atoms with Crippen molar-refractivity contribution >= 4 is 66.9 Å². The Morgan fingerprint density at radius 3 is 1.47 bits per heavy atom. The lowest BCUT2D eigenvalue weighted by atomic mass is 9.45. The van der Waals surface area contributed by atoms with Crippen molar-refractivity contribution in [3.8, 4) is 0 Å². The summed E-state index contributed by atoms with van der Waals surface area (Å²) in [6.45, 7) is 0. The first-order valence-corrected chi connectivity index (χ1v) is 13.9. The van der Waals surface area contributed by atoms with Crippen LogP contribution in [0.15, 0.2) is 100.0 Å². The van der Waals surface area contributed by atoms with E-state index in [0.29, 0.717) is 11.4 Å². The van der Waals surface area contributed by atoms with Gasteiger partial charge in [0.15, 0.2) is 0 Å². The van der Waals surface area contributed by atoms with Crippen molar-refractivity contribution in [1.82, 2.24) is 0 Å². The zero-order valence-corrected chi connectivity index (χ0v) is 23.0. The van der Waals surface area contributed by atoms with Crippen LogP contribution in [0.25, 0.3) is 0 Å². The van der Waals surface area contributed by atoms with Crippen molar-refractivity contribution in [3.63, 3.8) is 0 Å². The maximum absolute atomic E-state index is 14.2. The van der Waals surface area contributed by atoms with E-state index in [0.717, 1.165) is 14.5 Å². The molecule has 0 aromatic heterocycles. The molecule has 2 aliphatic heterocycles. The molecule has 38 heavy (non-hydrogen) atoms. The highest BCUT2D eigenvalue weighted by Gasteiger charge is 2.75. The molecule has 2 unspecified atom stereocenters. The molecule has 2 saturated heterocycles. The predicted molar refractivity (Wildman–Crippen MR) is 148 cm³/mol. The van der Waals surface area contributed by atoms with E-state index in [1.807, 2.05) is 42.5 Å². The second-order valence-corrected chi connectivity index (χ2v) is 12.1. The normalized spacial score (nSPS) is 31.3. The monoisotopic (exact) mass is 630 g/mol. The van der Waals surface area contributed by atoms with E-state index in [-0.39, 0.29) is 23.6 Å². The summed E-state index contributed by atoms with van der Waals surface area (Å²) >= 11 is 6.82. The molecular formula is C30H20Br2N2O4. The van der Waals surface area contributed by atoms with E-state index in [1.54, 1.807) is 48.5 Å². The lowest BCUT2D eigenvalue weighted by molar-refractivity contribution is -0.140. The molecule has 2 bridgehead atoms. The summed E-state index contributed by atoms with van der Waals surface area (Å²) in [4.78, 5) is 59.0. The number of hydrogen-bond donors (Lipinski definition) is 0. The van der Waals surface area contributed by atoms with Gasteiger partial charge < -0.3 is 0 Å². The van der Waals surface area contributed by atoms with Crippen LogP contribution in [0.4, 0.5) is 11.4 Å². The fourth-order valence-electron chi connectivity index (χ4n) is 7.17. The molecule has 6 atom stereocenters. The van der Waals surface area contributed by atoms with Crippen LogP contribution in [0, 0.1) is 29.6 Å². The smallest absolute Gasteiger partial charge is 0.238 e. The van der Waals surface area contributed by atoms with Gasteiger partial charge in [0.25, 0.3) is 0 Å². The fraction of sp³-hybridized carbons (Fsp3) is 0.200. The maximum Gasteiger partial charge on any atom is 0.238 e. The maximum atomic E-state index is 14.2. The van der Waals surface area contributed by atoms with Crippen LogP contribution in [0.3, 0.4) is 0 Å². The number of halogens is 2. The first kappa shape index (κ1) is 23.7. The fourth-order valence-corrected chi connectivity index (χ4v) is 7.70. The van der Waals surface area contributed by atoms with Crippen LogP contribution in [0.5, 0.6) is 0 Å². The number of benzene rings is 3. The lowest BCUT2D eigenvalue weighted by Crippen LogP contribution is -2.60. The minimum atomic E-state index is -1.13. The molecule has 0 spiro atoms. The quantitative estimate of drug-likeness (QED) is 0.292. The highest BCUT2D eigenvalue weighted by molar-refractivity contribution is 9.10. The van der Waals surface area contributed by atoms with Gasteiger partial charge in [0, 0.05) is 20.3 Å². The lowest BCUT2D eigenvalue weighted by Gasteiger charge is -2.53. The Morgan fingerprint density at radius 1 is 0.579 bits per heavy atom. The molecule has 2 heterocycles. The van der Waals surface area contributed by atoms with Gasteiger partial charge in [0.1, 0.15) is 0 Å². The molecule has 5 aliphatic rings. The SMILES string of the molecule is O=C1[C@@H]2C3C=CC(c4ccccc4)([C@@H]2C(=O)N1c1ccc(Br)cc1)[C@H]1C(=O)N(c2ccc(Br)cc2)C(=O)[C@H]31. The van der Waals surface area contributed by atoms with Gasteiger partial charge in [0.2, 0.25) is 23.6 Å². The average molecular weight is 632 g/mol. The van der Waals surface area contributed by atoms with Crippen LogP contribution >= 0.6 is 31.9 Å². The minimum Gasteiger partial charge on any atom is -0.274 e. The van der Waals surface area contributed by atoms with Gasteiger partial charge in [-0.3, -0.25) is 19.2 Å². The van der Waals surface area contributed by atoms with E-state index in [9.17, 15) is 19.2 Å². The van der Waals surface area contributed by atoms with E-state index in [4.69, 9.17) is 0 Å². The highest BCUT2D eigenvalue weighted by Crippen LogP contribution is 2.65. The largest absolute Gasteiger partial charge is 0.274 e. The third-order valence-corrected chi connectivity index (χ3v) is 9.66. The Balaban J connectivity index is 1.42. The predicted octanol–water partition coefficient (Wildman–Crippen LogP) is 5.26. The number of imide groups is 2. The molecule has 3 fully saturated rings. The van der Waals surface area contributed by atoms with E-state index in [1.165, 1.54) is 9.80 Å². The summed E-state index contributed by atoms with van der Waals surface area (Å²) < 4.78 is 1.66. The molecular weight excluding hydrogens is 612 g/mol. The molecule has 0 radical (unpaired) electrons. The second kappa shape index (κ2) is 8.32. The zero-order chi connectivity index (χ0) is 26.3. The summed E-state index contributed by atoms with van der Waals surface area (Å²) in [5.41, 5.74) is 0.607. The van der Waals surface area contributed by atoms with E-state index < -0.39 is 35.0 Å². The Bertz CT molecular complexity index is 1460. The third kappa shape index (κ3) is 2.98. The van der Waals surface area contributed by atoms with Crippen LogP contribution in [0.1, 0.15) is 5.56 Å². The molecule has 8 rings (SSSR count). The molecule has 6 nitrogen and oxygen atoms in total. The molecule has 0 N–H and O–H groups in total. The van der Waals surface area contributed by atoms with Crippen molar-refractivity contribution < 1.29 is 19.2 Å². The molecule has 188 valence electrons. The van der Waals surface area contributed by atoms with Crippen LogP contribution in [-0.2, 0) is 24.6 Å². The van der Waals surface area contributed by atoms with Crippen LogP contribution in [-0.4, -0.2) is 23.6 Å². The first-order valence-electron chi connectivity index (χ1n) is 12.4. The van der Waals surface area contributed by atoms with Crippen LogP contribution in [0.2, 0.25) is 0 Å². The van der Waals surface area contributed by atoms with Gasteiger partial charge in [-0.1, -0.05) is 74.3 Å². The summed E-state index contributed by atoms with van der Waals surface area (Å²) in [5.74, 6) is -4.92. The Morgan fingerprint density at radius 2 is 1.03 bits per heavy atom. The van der Waals surface area contributed by atoms with Crippen LogP contribution < -0.4 is 9.80 Å². The van der Waals surface area contributed by atoms with E-state index >= 15 is 0 Å². The number of carbonyl (C=O) groups is 4. The molecule has 3 aromatic rings. The molecule has 3 aliphatic carbocycles. The summed E-state index contributed by atoms with van der Waals surface area (Å²) in [6.07, 6.45) is 3.84. The average Bonchev–Trinajstić information content (AvgIpc) is 3.37. The molecule has 8 heteroatoms. The summed E-state index contributed by atoms with van der Waals surface area (Å²) in [5, 5.41) is 0. The zero-order valence-electron chi connectivity index (χ0n) is 19.8. The van der Waals surface area contributed by atoms with Gasteiger partial charge in [-0.15, -0.1) is 0 Å². The van der Waals surface area contributed by atoms with Crippen molar-refractivity contribution in [3.05, 3.63) is 106 Å². The van der Waals surface area contributed by atoms with Gasteiger partial charge in [-0.25, -0.2) is 9.80 Å². The number of allylic oxidation sites excluding steroid dienone is 2. The molecule has 4 amide bonds. The standard InChI is InChI=1S/C30H20Br2N2O4/c31-17-6-10-19(11-7-17)33-26(35)22-21-14-15-30(24(22)28(33)37,16-4-2-1-3-5-16)25-23(21)27(36)34(29(25)38)20-12-8-18(32)9-13-20/h1-15,21-25H/t21?,22-,23-,24-,25+,30?/m1/s1. The van der Waals surface area contributed by atoms with Crippen molar-refractivity contribution in [2.75, 3.05) is 9.80 Å². The topological polar surface area (TPSA) is 74.8 Å². The molecule has 1 saturated carbocycles. The number of carbonyl (C=O) groups excluding carboxylic acids is 4. The second-order valence-electron chi connectivity index (χ2n) is 10.2. The first-order chi connectivity index (χ1) is 18.3. The Labute approximate surface area is 235 Å². The molecule has 3 aromatic carbocycles. The third-order valence-electron chi connectivity index (χ3n) is 8.60. The van der Waals surface area contributed by atoms with Gasteiger partial charge in [0.05, 0.1) is 35.0 Å². The number of amides is 4.